The molecule has 5 heteroatoms. The summed E-state index contributed by atoms with van der Waals surface area (Å²) in [5, 5.41) is 4.96. The lowest BCUT2D eigenvalue weighted by atomic mass is 9.94. The van der Waals surface area contributed by atoms with Crippen LogP contribution >= 0.6 is 0 Å². The predicted molar refractivity (Wildman–Crippen MR) is 105 cm³/mol. The van der Waals surface area contributed by atoms with Crippen LogP contribution in [0.15, 0.2) is 48.5 Å². The SMILES string of the molecule is COc1ccc(-c2c3c(nn2-c2ccccc2)CC(C)(C)OC3)cc1OC. The molecule has 4 rings (SSSR count). The summed E-state index contributed by atoms with van der Waals surface area (Å²) < 4.78 is 19.0. The maximum absolute atomic E-state index is 6.10. The number of hydrogen-bond donors (Lipinski definition) is 0. The zero-order valence-corrected chi connectivity index (χ0v) is 16.2. The average molecular weight is 364 g/mol. The number of ether oxygens (including phenoxy) is 3. The molecule has 0 saturated carbocycles. The highest BCUT2D eigenvalue weighted by molar-refractivity contribution is 5.70. The molecule has 140 valence electrons. The van der Waals surface area contributed by atoms with E-state index in [0.29, 0.717) is 18.1 Å². The van der Waals surface area contributed by atoms with Crippen LogP contribution in [0.25, 0.3) is 16.9 Å². The fourth-order valence-electron chi connectivity index (χ4n) is 3.55. The molecular weight excluding hydrogens is 340 g/mol. The quantitative estimate of drug-likeness (QED) is 0.688. The number of fused-ring (bicyclic) bond motifs is 1. The second kappa shape index (κ2) is 6.74. The Morgan fingerprint density at radius 1 is 1.00 bits per heavy atom. The van der Waals surface area contributed by atoms with Crippen molar-refractivity contribution in [3.8, 4) is 28.4 Å². The summed E-state index contributed by atoms with van der Waals surface area (Å²) in [4.78, 5) is 0. The van der Waals surface area contributed by atoms with E-state index in [9.17, 15) is 0 Å². The molecule has 0 atom stereocenters. The van der Waals surface area contributed by atoms with Crippen LogP contribution in [0.3, 0.4) is 0 Å². The summed E-state index contributed by atoms with van der Waals surface area (Å²) in [6.45, 7) is 4.75. The third-order valence-corrected chi connectivity index (χ3v) is 4.92. The average Bonchev–Trinajstić information content (AvgIpc) is 3.05. The molecule has 3 aromatic rings. The van der Waals surface area contributed by atoms with Gasteiger partial charge < -0.3 is 14.2 Å². The van der Waals surface area contributed by atoms with E-state index >= 15 is 0 Å². The Balaban J connectivity index is 1.93. The van der Waals surface area contributed by atoms with Gasteiger partial charge in [-0.3, -0.25) is 0 Å². The highest BCUT2D eigenvalue weighted by Gasteiger charge is 2.32. The molecule has 1 aliphatic rings. The van der Waals surface area contributed by atoms with Crippen LogP contribution in [-0.2, 0) is 17.8 Å². The molecule has 0 aliphatic carbocycles. The van der Waals surface area contributed by atoms with Crippen molar-refractivity contribution in [2.75, 3.05) is 14.2 Å². The Bertz CT molecular complexity index is 961. The van der Waals surface area contributed by atoms with Gasteiger partial charge >= 0.3 is 0 Å². The highest BCUT2D eigenvalue weighted by Crippen LogP contribution is 2.39. The van der Waals surface area contributed by atoms with Gasteiger partial charge in [0.15, 0.2) is 11.5 Å². The molecule has 1 aromatic heterocycles. The van der Waals surface area contributed by atoms with Crippen molar-refractivity contribution >= 4 is 0 Å². The number of rotatable bonds is 4. The molecular formula is C22H24N2O3. The lowest BCUT2D eigenvalue weighted by Gasteiger charge is -2.29. The number of nitrogens with zero attached hydrogens (tertiary/aromatic N) is 2. The maximum Gasteiger partial charge on any atom is 0.161 e. The Labute approximate surface area is 159 Å². The topological polar surface area (TPSA) is 45.5 Å². The van der Waals surface area contributed by atoms with Crippen LogP contribution in [0.1, 0.15) is 25.1 Å². The van der Waals surface area contributed by atoms with E-state index in [2.05, 4.69) is 26.0 Å². The number of methoxy groups -OCH3 is 2. The van der Waals surface area contributed by atoms with Gasteiger partial charge in [-0.25, -0.2) is 4.68 Å². The van der Waals surface area contributed by atoms with Crippen LogP contribution in [0.5, 0.6) is 11.5 Å². The second-order valence-electron chi connectivity index (χ2n) is 7.32. The molecule has 0 saturated heterocycles. The number of hydrogen-bond acceptors (Lipinski definition) is 4. The van der Waals surface area contributed by atoms with Crippen LogP contribution in [0, 0.1) is 0 Å². The molecule has 0 spiro atoms. The lowest BCUT2D eigenvalue weighted by Crippen LogP contribution is -2.31. The standard InChI is InChI=1S/C22H24N2O3/c1-22(2)13-18-17(14-27-22)21(24(23-18)16-8-6-5-7-9-16)15-10-11-19(25-3)20(12-15)26-4/h5-12H,13-14H2,1-4H3. The van der Waals surface area contributed by atoms with E-state index in [1.54, 1.807) is 14.2 Å². The van der Waals surface area contributed by atoms with E-state index in [1.807, 2.05) is 41.1 Å². The summed E-state index contributed by atoms with van der Waals surface area (Å²) in [6.07, 6.45) is 0.780. The maximum atomic E-state index is 6.10. The van der Waals surface area contributed by atoms with Gasteiger partial charge in [0.05, 0.1) is 43.5 Å². The van der Waals surface area contributed by atoms with Gasteiger partial charge in [-0.15, -0.1) is 0 Å². The van der Waals surface area contributed by atoms with Crippen molar-refractivity contribution in [2.45, 2.75) is 32.5 Å². The number of para-hydroxylation sites is 1. The molecule has 2 heterocycles. The predicted octanol–water partition coefficient (Wildman–Crippen LogP) is 4.41. The molecule has 1 aliphatic heterocycles. The minimum absolute atomic E-state index is 0.211. The zero-order chi connectivity index (χ0) is 19.0. The van der Waals surface area contributed by atoms with Crippen LogP contribution in [0.2, 0.25) is 0 Å². The van der Waals surface area contributed by atoms with Crippen molar-refractivity contribution in [2.24, 2.45) is 0 Å². The van der Waals surface area contributed by atoms with Gasteiger partial charge in [0.2, 0.25) is 0 Å². The van der Waals surface area contributed by atoms with Gasteiger partial charge in [0.1, 0.15) is 0 Å². The largest absolute Gasteiger partial charge is 0.493 e. The van der Waals surface area contributed by atoms with Crippen molar-refractivity contribution in [1.82, 2.24) is 9.78 Å². The van der Waals surface area contributed by atoms with Crippen molar-refractivity contribution < 1.29 is 14.2 Å². The van der Waals surface area contributed by atoms with Crippen molar-refractivity contribution in [3.05, 3.63) is 59.8 Å². The van der Waals surface area contributed by atoms with Gasteiger partial charge in [-0.1, -0.05) is 18.2 Å². The van der Waals surface area contributed by atoms with Crippen molar-refractivity contribution in [1.29, 1.82) is 0 Å². The molecule has 5 nitrogen and oxygen atoms in total. The summed E-state index contributed by atoms with van der Waals surface area (Å²) in [5.41, 5.74) is 5.08. The third-order valence-electron chi connectivity index (χ3n) is 4.92. The van der Waals surface area contributed by atoms with Gasteiger partial charge in [-0.2, -0.15) is 5.10 Å². The second-order valence-corrected chi connectivity index (χ2v) is 7.32. The minimum atomic E-state index is -0.211. The van der Waals surface area contributed by atoms with E-state index in [4.69, 9.17) is 19.3 Å². The summed E-state index contributed by atoms with van der Waals surface area (Å²) >= 11 is 0. The minimum Gasteiger partial charge on any atom is -0.493 e. The molecule has 27 heavy (non-hydrogen) atoms. The third kappa shape index (κ3) is 3.19. The van der Waals surface area contributed by atoms with Crippen LogP contribution < -0.4 is 9.47 Å². The Hall–Kier alpha value is -2.79. The number of benzene rings is 2. The van der Waals surface area contributed by atoms with Gasteiger partial charge in [0.25, 0.3) is 0 Å². The molecule has 0 radical (unpaired) electrons. The Morgan fingerprint density at radius 3 is 2.44 bits per heavy atom. The monoisotopic (exact) mass is 364 g/mol. The zero-order valence-electron chi connectivity index (χ0n) is 16.2. The first kappa shape index (κ1) is 17.6. The van der Waals surface area contributed by atoms with E-state index in [0.717, 1.165) is 34.6 Å². The molecule has 2 aromatic carbocycles. The first-order valence-corrected chi connectivity index (χ1v) is 9.05. The summed E-state index contributed by atoms with van der Waals surface area (Å²) in [6, 6.07) is 16.1. The molecule has 0 N–H and O–H groups in total. The fraction of sp³-hybridized carbons (Fsp3) is 0.318. The Morgan fingerprint density at radius 2 is 1.74 bits per heavy atom. The molecule has 0 amide bonds. The fourth-order valence-corrected chi connectivity index (χ4v) is 3.55. The smallest absolute Gasteiger partial charge is 0.161 e. The first-order chi connectivity index (χ1) is 13.0. The summed E-state index contributed by atoms with van der Waals surface area (Å²) in [7, 11) is 3.29. The number of aromatic nitrogens is 2. The van der Waals surface area contributed by atoms with E-state index in [1.165, 1.54) is 0 Å². The highest BCUT2D eigenvalue weighted by atomic mass is 16.5. The van der Waals surface area contributed by atoms with E-state index in [-0.39, 0.29) is 5.60 Å². The molecule has 0 unspecified atom stereocenters. The van der Waals surface area contributed by atoms with E-state index < -0.39 is 0 Å². The first-order valence-electron chi connectivity index (χ1n) is 9.05. The van der Waals surface area contributed by atoms with Crippen LogP contribution in [0.4, 0.5) is 0 Å². The molecule has 0 bridgehead atoms. The van der Waals surface area contributed by atoms with Crippen molar-refractivity contribution in [3.63, 3.8) is 0 Å². The van der Waals surface area contributed by atoms with Crippen LogP contribution in [-0.4, -0.2) is 29.6 Å². The normalized spacial score (nSPS) is 15.3. The summed E-state index contributed by atoms with van der Waals surface area (Å²) in [5.74, 6) is 1.40. The Kier molecular flexibility index (Phi) is 4.40. The molecule has 0 fully saturated rings. The van der Waals surface area contributed by atoms with Gasteiger partial charge in [0, 0.05) is 17.5 Å². The lowest BCUT2D eigenvalue weighted by molar-refractivity contribution is -0.0404. The van der Waals surface area contributed by atoms with Gasteiger partial charge in [-0.05, 0) is 44.2 Å².